The molecule has 0 aromatic heterocycles. The smallest absolute Gasteiger partial charge is 0.155 e. The predicted octanol–water partition coefficient (Wildman–Crippen LogP) is 3.63. The van der Waals surface area contributed by atoms with E-state index < -0.39 is 32.3 Å². The number of hydrogen-bond donors (Lipinski definition) is 0. The predicted molar refractivity (Wildman–Crippen MR) is 113 cm³/mol. The summed E-state index contributed by atoms with van der Waals surface area (Å²) in [6.07, 6.45) is 1.37. The van der Waals surface area contributed by atoms with Gasteiger partial charge in [0.1, 0.15) is 22.4 Å². The average Bonchev–Trinajstić information content (AvgIpc) is 2.87. The zero-order chi connectivity index (χ0) is 20.0. The van der Waals surface area contributed by atoms with Crippen molar-refractivity contribution in [1.82, 2.24) is 4.31 Å². The summed E-state index contributed by atoms with van der Waals surface area (Å²) in [6.45, 7) is 13.1. The molecule has 0 amide bonds. The highest BCUT2D eigenvalue weighted by Crippen LogP contribution is 2.42. The van der Waals surface area contributed by atoms with Crippen molar-refractivity contribution in [2.75, 3.05) is 13.1 Å². The third-order valence-electron chi connectivity index (χ3n) is 4.87. The van der Waals surface area contributed by atoms with Gasteiger partial charge in [-0.05, 0) is 53.7 Å². The zero-order valence-corrected chi connectivity index (χ0v) is 18.7. The number of fused-ring (bicyclic) bond motifs is 1. The molecule has 2 aliphatic heterocycles. The van der Waals surface area contributed by atoms with Crippen LogP contribution in [0.25, 0.3) is 0 Å². The first kappa shape index (κ1) is 20.7. The Labute approximate surface area is 167 Å². The minimum atomic E-state index is -1.36. The van der Waals surface area contributed by atoms with E-state index in [0.717, 1.165) is 17.0 Å². The number of benzene rings is 1. The molecular formula is C20H30N2O3S2. The van der Waals surface area contributed by atoms with E-state index in [0.29, 0.717) is 25.9 Å². The Hall–Kier alpha value is -1.05. The van der Waals surface area contributed by atoms with Gasteiger partial charge in [0.15, 0.2) is 5.60 Å². The van der Waals surface area contributed by atoms with Crippen molar-refractivity contribution in [2.24, 2.45) is 4.40 Å². The van der Waals surface area contributed by atoms with Crippen molar-refractivity contribution >= 4 is 27.7 Å². The van der Waals surface area contributed by atoms with Crippen LogP contribution < -0.4 is 4.74 Å². The van der Waals surface area contributed by atoms with Crippen LogP contribution in [0.5, 0.6) is 5.75 Å². The second kappa shape index (κ2) is 7.08. The van der Waals surface area contributed by atoms with E-state index in [4.69, 9.17) is 4.74 Å². The van der Waals surface area contributed by atoms with Gasteiger partial charge in [-0.15, -0.1) is 0 Å². The lowest BCUT2D eigenvalue weighted by Crippen LogP contribution is -2.53. The first-order valence-corrected chi connectivity index (χ1v) is 11.6. The molecule has 0 aliphatic carbocycles. The molecular weight excluding hydrogens is 380 g/mol. The van der Waals surface area contributed by atoms with Crippen molar-refractivity contribution in [1.29, 1.82) is 0 Å². The van der Waals surface area contributed by atoms with Crippen LogP contribution in [0.1, 0.15) is 59.9 Å². The van der Waals surface area contributed by atoms with Gasteiger partial charge >= 0.3 is 0 Å². The molecule has 5 nitrogen and oxygen atoms in total. The van der Waals surface area contributed by atoms with E-state index in [9.17, 15) is 8.42 Å². The standard InChI is InChI=1S/C20H30N2O3S2/c1-18(2,3)26(23)21-17-15-9-7-8-10-16(15)25-20(17)11-13-22(14-12-20)27(24)19(4,5)6/h7-10H,11-14H2,1-6H3/b21-17-/t26-,27+/m1/s1. The lowest BCUT2D eigenvalue weighted by atomic mass is 9.86. The Kier molecular flexibility index (Phi) is 5.42. The van der Waals surface area contributed by atoms with Crippen LogP contribution in [-0.4, -0.2) is 46.6 Å². The molecule has 1 fully saturated rings. The normalized spacial score (nSPS) is 23.9. The van der Waals surface area contributed by atoms with Gasteiger partial charge in [-0.3, -0.25) is 0 Å². The molecule has 1 saturated heterocycles. The van der Waals surface area contributed by atoms with E-state index in [1.165, 1.54) is 0 Å². The summed E-state index contributed by atoms with van der Waals surface area (Å²) in [5, 5.41) is 0. The fourth-order valence-corrected chi connectivity index (χ4v) is 5.34. The first-order valence-electron chi connectivity index (χ1n) is 9.41. The molecule has 27 heavy (non-hydrogen) atoms. The average molecular weight is 411 g/mol. The molecule has 0 N–H and O–H groups in total. The molecule has 2 heterocycles. The maximum absolute atomic E-state index is 12.8. The van der Waals surface area contributed by atoms with Gasteiger partial charge in [-0.1, -0.05) is 12.1 Å². The molecule has 1 aromatic rings. The van der Waals surface area contributed by atoms with Crippen LogP contribution in [0.15, 0.2) is 28.7 Å². The van der Waals surface area contributed by atoms with Gasteiger partial charge in [-0.25, -0.2) is 12.7 Å². The molecule has 150 valence electrons. The van der Waals surface area contributed by atoms with E-state index in [2.05, 4.69) is 4.40 Å². The van der Waals surface area contributed by atoms with Gasteiger partial charge in [0.25, 0.3) is 0 Å². The highest BCUT2D eigenvalue weighted by atomic mass is 32.2. The molecule has 2 atom stereocenters. The van der Waals surface area contributed by atoms with Crippen LogP contribution >= 0.6 is 0 Å². The molecule has 1 aromatic carbocycles. The van der Waals surface area contributed by atoms with Gasteiger partial charge in [-0.2, -0.15) is 4.40 Å². The number of ether oxygens (including phenoxy) is 1. The van der Waals surface area contributed by atoms with Gasteiger partial charge in [0.2, 0.25) is 0 Å². The Bertz CT molecular complexity index is 798. The number of nitrogens with zero attached hydrogens (tertiary/aromatic N) is 2. The highest BCUT2D eigenvalue weighted by Gasteiger charge is 2.49. The van der Waals surface area contributed by atoms with Crippen LogP contribution in [0, 0.1) is 0 Å². The third kappa shape index (κ3) is 4.05. The molecule has 7 heteroatoms. The summed E-state index contributed by atoms with van der Waals surface area (Å²) < 4.78 is 37.9. The lowest BCUT2D eigenvalue weighted by Gasteiger charge is -2.40. The van der Waals surface area contributed by atoms with E-state index >= 15 is 0 Å². The SMILES string of the molecule is CC(C)(C)[S@](=O)N1CCC2(CC1)Oc1ccccc1/C2=N/[S@](=O)C(C)(C)C. The molecule has 0 bridgehead atoms. The van der Waals surface area contributed by atoms with E-state index in [1.807, 2.05) is 70.1 Å². The van der Waals surface area contributed by atoms with Crippen LogP contribution in [0.2, 0.25) is 0 Å². The monoisotopic (exact) mass is 410 g/mol. The fourth-order valence-electron chi connectivity index (χ4n) is 3.35. The van der Waals surface area contributed by atoms with Crippen molar-refractivity contribution in [3.05, 3.63) is 29.8 Å². The van der Waals surface area contributed by atoms with Crippen molar-refractivity contribution < 1.29 is 13.2 Å². The minimum Gasteiger partial charge on any atom is -0.480 e. The summed E-state index contributed by atoms with van der Waals surface area (Å²) in [5.74, 6) is 0.799. The molecule has 0 saturated carbocycles. The summed E-state index contributed by atoms with van der Waals surface area (Å²) in [4.78, 5) is 0. The minimum absolute atomic E-state index is 0.283. The maximum Gasteiger partial charge on any atom is 0.155 e. The molecule has 0 unspecified atom stereocenters. The number of para-hydroxylation sites is 1. The summed E-state index contributed by atoms with van der Waals surface area (Å²) in [5.41, 5.74) is 1.14. The number of hydrogen-bond acceptors (Lipinski definition) is 3. The quantitative estimate of drug-likeness (QED) is 0.748. The molecule has 3 rings (SSSR count). The van der Waals surface area contributed by atoms with Gasteiger partial charge < -0.3 is 4.74 Å². The summed E-state index contributed by atoms with van der Waals surface area (Å²) in [6, 6.07) is 7.84. The zero-order valence-electron chi connectivity index (χ0n) is 17.1. The van der Waals surface area contributed by atoms with Crippen molar-refractivity contribution in [3.8, 4) is 5.75 Å². The van der Waals surface area contributed by atoms with E-state index in [-0.39, 0.29) is 4.75 Å². The van der Waals surface area contributed by atoms with Crippen molar-refractivity contribution in [3.63, 3.8) is 0 Å². The summed E-state index contributed by atoms with van der Waals surface area (Å²) in [7, 11) is -2.41. The van der Waals surface area contributed by atoms with Crippen molar-refractivity contribution in [2.45, 2.75) is 69.5 Å². The maximum atomic E-state index is 12.8. The second-order valence-corrected chi connectivity index (χ2v) is 13.3. The van der Waals surface area contributed by atoms with Crippen LogP contribution in [-0.2, 0) is 22.0 Å². The van der Waals surface area contributed by atoms with Crippen LogP contribution in [0.3, 0.4) is 0 Å². The Morgan fingerprint density at radius 2 is 1.59 bits per heavy atom. The fraction of sp³-hybridized carbons (Fsp3) is 0.650. The highest BCUT2D eigenvalue weighted by molar-refractivity contribution is 7.85. The largest absolute Gasteiger partial charge is 0.480 e. The van der Waals surface area contributed by atoms with Crippen LogP contribution in [0.4, 0.5) is 0 Å². The number of rotatable bonds is 2. The Balaban J connectivity index is 1.92. The Morgan fingerprint density at radius 1 is 1.00 bits per heavy atom. The number of piperidine rings is 1. The Morgan fingerprint density at radius 3 is 2.15 bits per heavy atom. The molecule has 0 radical (unpaired) electrons. The van der Waals surface area contributed by atoms with Gasteiger partial charge in [0, 0.05) is 31.5 Å². The topological polar surface area (TPSA) is 59.0 Å². The molecule has 2 aliphatic rings. The van der Waals surface area contributed by atoms with Gasteiger partial charge in [0.05, 0.1) is 20.5 Å². The molecule has 1 spiro atoms. The first-order chi connectivity index (χ1) is 12.4. The second-order valence-electron chi connectivity index (χ2n) is 9.18. The lowest BCUT2D eigenvalue weighted by molar-refractivity contribution is 0.0941. The summed E-state index contributed by atoms with van der Waals surface area (Å²) >= 11 is 0. The third-order valence-corrected chi connectivity index (χ3v) is 8.14. The van der Waals surface area contributed by atoms with E-state index in [1.54, 1.807) is 0 Å².